The van der Waals surface area contributed by atoms with Crippen molar-refractivity contribution >= 4 is 28.3 Å². The molecule has 7 nitrogen and oxygen atoms in total. The van der Waals surface area contributed by atoms with Crippen LogP contribution in [0.1, 0.15) is 48.1 Å². The van der Waals surface area contributed by atoms with E-state index in [-0.39, 0.29) is 17.6 Å². The lowest BCUT2D eigenvalue weighted by Crippen LogP contribution is -2.57. The lowest BCUT2D eigenvalue weighted by molar-refractivity contribution is -0.133. The molecule has 4 aromatic rings. The van der Waals surface area contributed by atoms with E-state index in [1.54, 1.807) is 12.1 Å². The van der Waals surface area contributed by atoms with E-state index in [0.29, 0.717) is 45.1 Å². The Balaban J connectivity index is 1.03. The quantitative estimate of drug-likeness (QED) is 0.251. The number of rotatable bonds is 9. The molecule has 2 heterocycles. The van der Waals surface area contributed by atoms with Crippen LogP contribution < -0.4 is 10.2 Å². The number of piperidine rings is 1. The molecule has 1 N–H and O–H groups in total. The van der Waals surface area contributed by atoms with Crippen LogP contribution in [-0.2, 0) is 20.7 Å². The zero-order valence-corrected chi connectivity index (χ0v) is 25.6. The van der Waals surface area contributed by atoms with Gasteiger partial charge in [-0.1, -0.05) is 66.7 Å². The average Bonchev–Trinajstić information content (AvgIpc) is 3.57. The number of methoxy groups -OCH3 is 1. The van der Waals surface area contributed by atoms with Gasteiger partial charge >= 0.3 is 0 Å². The number of ether oxygens (including phenoxy) is 1. The molecule has 1 spiro atoms. The molecule has 2 aliphatic heterocycles. The summed E-state index contributed by atoms with van der Waals surface area (Å²) in [4.78, 5) is 33.7. The summed E-state index contributed by atoms with van der Waals surface area (Å²) in [6.45, 7) is 3.00. The third-order valence-corrected chi connectivity index (χ3v) is 9.99. The van der Waals surface area contributed by atoms with Crippen LogP contribution in [0, 0.1) is 5.82 Å². The van der Waals surface area contributed by atoms with Gasteiger partial charge in [0, 0.05) is 45.0 Å². The van der Waals surface area contributed by atoms with Crippen molar-refractivity contribution in [1.82, 2.24) is 15.1 Å². The Morgan fingerprint density at radius 3 is 2.44 bits per heavy atom. The standard InChI is InChI=1S/C37H39FN4O3/c1-45-34(27-8-3-2-4-9-27)35(43)39-20-7-21-41-25-42(30-16-14-29(38)15-17-30)37(36(41)44)18-22-40(23-19-37)32-24-28-12-5-10-26-11-6-13-31(32)33(26)28/h2-6,8-17,32,34H,7,18-25H2,1H3,(H,39,43)/t32-,34-/m1/s1. The first-order chi connectivity index (χ1) is 22.0. The summed E-state index contributed by atoms with van der Waals surface area (Å²) in [6, 6.07) is 29.4. The molecule has 1 aliphatic carbocycles. The molecule has 232 valence electrons. The highest BCUT2D eigenvalue weighted by Gasteiger charge is 2.54. The van der Waals surface area contributed by atoms with Crippen LogP contribution in [0.4, 0.5) is 10.1 Å². The molecule has 2 fully saturated rings. The molecule has 8 heteroatoms. The summed E-state index contributed by atoms with van der Waals surface area (Å²) < 4.78 is 19.4. The van der Waals surface area contributed by atoms with Crippen molar-refractivity contribution in [2.45, 2.75) is 43.4 Å². The predicted octanol–water partition coefficient (Wildman–Crippen LogP) is 5.61. The second-order valence-corrected chi connectivity index (χ2v) is 12.4. The number of likely N-dealkylation sites (tertiary alicyclic amines) is 1. The van der Waals surface area contributed by atoms with Gasteiger partial charge in [0.15, 0.2) is 6.10 Å². The first-order valence-electron chi connectivity index (χ1n) is 15.9. The summed E-state index contributed by atoms with van der Waals surface area (Å²) in [5, 5.41) is 5.65. The molecule has 0 radical (unpaired) electrons. The largest absolute Gasteiger partial charge is 0.367 e. The van der Waals surface area contributed by atoms with Gasteiger partial charge in [-0.25, -0.2) is 4.39 Å². The molecule has 0 aromatic heterocycles. The van der Waals surface area contributed by atoms with Crippen molar-refractivity contribution in [3.05, 3.63) is 114 Å². The smallest absolute Gasteiger partial charge is 0.253 e. The number of hydrogen-bond donors (Lipinski definition) is 1. The maximum atomic E-state index is 14.2. The highest BCUT2D eigenvalue weighted by Crippen LogP contribution is 2.45. The number of amides is 2. The molecule has 0 unspecified atom stereocenters. The Bertz CT molecular complexity index is 1680. The highest BCUT2D eigenvalue weighted by molar-refractivity contribution is 5.94. The van der Waals surface area contributed by atoms with Crippen LogP contribution in [0.3, 0.4) is 0 Å². The summed E-state index contributed by atoms with van der Waals surface area (Å²) in [7, 11) is 1.53. The van der Waals surface area contributed by atoms with E-state index in [9.17, 15) is 14.0 Å². The number of carbonyl (C=O) groups excluding carboxylic acids is 2. The first kappa shape index (κ1) is 29.4. The maximum absolute atomic E-state index is 14.2. The summed E-state index contributed by atoms with van der Waals surface area (Å²) in [5.74, 6) is -0.368. The third-order valence-electron chi connectivity index (χ3n) is 9.99. The van der Waals surface area contributed by atoms with E-state index in [4.69, 9.17) is 4.74 Å². The van der Waals surface area contributed by atoms with Crippen LogP contribution in [0.5, 0.6) is 0 Å². The van der Waals surface area contributed by atoms with E-state index in [1.807, 2.05) is 35.2 Å². The van der Waals surface area contributed by atoms with Gasteiger partial charge in [0.1, 0.15) is 11.4 Å². The molecule has 0 bridgehead atoms. The fourth-order valence-electron chi connectivity index (χ4n) is 7.73. The zero-order chi connectivity index (χ0) is 31.0. The van der Waals surface area contributed by atoms with Crippen molar-refractivity contribution in [1.29, 1.82) is 0 Å². The Labute approximate surface area is 263 Å². The van der Waals surface area contributed by atoms with Gasteiger partial charge in [0.05, 0.1) is 6.67 Å². The van der Waals surface area contributed by atoms with Crippen LogP contribution >= 0.6 is 0 Å². The SMILES string of the molecule is CO[C@@H](C(=O)NCCCN1CN(c2ccc(F)cc2)C2(CCN([C@@H]3Cc4cccc5cccc3c45)CC2)C1=O)c1ccccc1. The van der Waals surface area contributed by atoms with Gasteiger partial charge < -0.3 is 19.9 Å². The van der Waals surface area contributed by atoms with E-state index < -0.39 is 11.6 Å². The maximum Gasteiger partial charge on any atom is 0.253 e. The van der Waals surface area contributed by atoms with Crippen LogP contribution in [0.15, 0.2) is 91.0 Å². The number of hydrogen-bond acceptors (Lipinski definition) is 5. The summed E-state index contributed by atoms with van der Waals surface area (Å²) in [5.41, 5.74) is 3.77. The fourth-order valence-corrected chi connectivity index (χ4v) is 7.73. The number of benzene rings is 4. The number of anilines is 1. The summed E-state index contributed by atoms with van der Waals surface area (Å²) in [6.07, 6.45) is 2.33. The minimum atomic E-state index is -0.679. The number of halogens is 1. The van der Waals surface area contributed by atoms with Gasteiger partial charge in [-0.2, -0.15) is 0 Å². The molecule has 7 rings (SSSR count). The van der Waals surface area contributed by atoms with Gasteiger partial charge in [0.25, 0.3) is 5.91 Å². The minimum Gasteiger partial charge on any atom is -0.367 e. The number of carbonyl (C=O) groups is 2. The first-order valence-corrected chi connectivity index (χ1v) is 15.9. The molecule has 3 aliphatic rings. The van der Waals surface area contributed by atoms with E-state index in [0.717, 1.165) is 30.8 Å². The lowest BCUT2D eigenvalue weighted by Gasteiger charge is -2.45. The van der Waals surface area contributed by atoms with Gasteiger partial charge in [0.2, 0.25) is 5.91 Å². The highest BCUT2D eigenvalue weighted by atomic mass is 19.1. The zero-order valence-electron chi connectivity index (χ0n) is 25.6. The average molecular weight is 607 g/mol. The van der Waals surface area contributed by atoms with Crippen molar-refractivity contribution in [2.75, 3.05) is 44.9 Å². The predicted molar refractivity (Wildman–Crippen MR) is 173 cm³/mol. The number of nitrogens with zero attached hydrogens (tertiary/aromatic N) is 3. The monoisotopic (exact) mass is 606 g/mol. The molecule has 0 saturated carbocycles. The lowest BCUT2D eigenvalue weighted by atomic mass is 9.84. The Kier molecular flexibility index (Phi) is 8.02. The van der Waals surface area contributed by atoms with Crippen molar-refractivity contribution in [3.8, 4) is 0 Å². The topological polar surface area (TPSA) is 65.1 Å². The fraction of sp³-hybridized carbons (Fsp3) is 0.351. The molecule has 45 heavy (non-hydrogen) atoms. The normalized spacial score (nSPS) is 19.9. The van der Waals surface area contributed by atoms with Crippen molar-refractivity contribution < 1.29 is 18.7 Å². The van der Waals surface area contributed by atoms with Crippen molar-refractivity contribution in [3.63, 3.8) is 0 Å². The third kappa shape index (κ3) is 5.36. The van der Waals surface area contributed by atoms with E-state index in [2.05, 4.69) is 51.5 Å². The van der Waals surface area contributed by atoms with Gasteiger partial charge in [-0.05, 0) is 77.4 Å². The minimum absolute atomic E-state index is 0.119. The van der Waals surface area contributed by atoms with E-state index >= 15 is 0 Å². The van der Waals surface area contributed by atoms with Crippen LogP contribution in [-0.4, -0.2) is 67.1 Å². The second kappa shape index (κ2) is 12.3. The van der Waals surface area contributed by atoms with E-state index in [1.165, 1.54) is 41.1 Å². The number of nitrogens with one attached hydrogen (secondary N) is 1. The Morgan fingerprint density at radius 2 is 1.71 bits per heavy atom. The molecule has 4 aromatic carbocycles. The van der Waals surface area contributed by atoms with Gasteiger partial charge in [-0.15, -0.1) is 0 Å². The molecular formula is C37H39FN4O3. The Hall–Kier alpha value is -4.27. The molecule has 2 saturated heterocycles. The second-order valence-electron chi connectivity index (χ2n) is 12.4. The van der Waals surface area contributed by atoms with Crippen LogP contribution in [0.2, 0.25) is 0 Å². The van der Waals surface area contributed by atoms with Crippen LogP contribution in [0.25, 0.3) is 10.8 Å². The molecule has 2 amide bonds. The Morgan fingerprint density at radius 1 is 0.978 bits per heavy atom. The van der Waals surface area contributed by atoms with Crippen molar-refractivity contribution in [2.24, 2.45) is 0 Å². The summed E-state index contributed by atoms with van der Waals surface area (Å²) >= 11 is 0. The molecule has 2 atom stereocenters. The van der Waals surface area contributed by atoms with Gasteiger partial charge in [-0.3, -0.25) is 14.5 Å². The molecular weight excluding hydrogens is 567 g/mol.